The van der Waals surface area contributed by atoms with Crippen molar-refractivity contribution in [3.63, 3.8) is 0 Å². The Labute approximate surface area is 167 Å². The van der Waals surface area contributed by atoms with Crippen molar-refractivity contribution in [3.05, 3.63) is 61.1 Å². The Kier molecular flexibility index (Phi) is 4.06. The van der Waals surface area contributed by atoms with Crippen molar-refractivity contribution >= 4 is 23.3 Å². The summed E-state index contributed by atoms with van der Waals surface area (Å²) in [5.41, 5.74) is 0.392. The number of halogens is 3. The Morgan fingerprint density at radius 3 is 2.55 bits per heavy atom. The highest BCUT2D eigenvalue weighted by molar-refractivity contribution is 8.00. The van der Waals surface area contributed by atoms with Gasteiger partial charge in [0.05, 0.1) is 17.6 Å². The molecule has 0 saturated carbocycles. The summed E-state index contributed by atoms with van der Waals surface area (Å²) in [6.07, 6.45) is 5.10. The van der Waals surface area contributed by atoms with E-state index in [0.29, 0.717) is 22.9 Å². The van der Waals surface area contributed by atoms with Crippen LogP contribution < -0.4 is 5.32 Å². The van der Waals surface area contributed by atoms with Crippen molar-refractivity contribution in [2.75, 3.05) is 5.32 Å². The van der Waals surface area contributed by atoms with E-state index in [9.17, 15) is 13.2 Å². The van der Waals surface area contributed by atoms with Gasteiger partial charge in [-0.1, -0.05) is 12.1 Å². The van der Waals surface area contributed by atoms with Crippen molar-refractivity contribution in [1.82, 2.24) is 19.9 Å². The number of pyridine rings is 2. The molecule has 1 aliphatic heterocycles. The number of rotatable bonds is 2. The molecule has 1 aliphatic rings. The standard InChI is InChI=1S/C20H12F3N5S/c21-20(22,23)29-12-5-3-11(4-6-12)18-27-16-13-7-9-24-10-15(13)26-19-14(17(16)28-18)2-1-8-25-19/h1-10H,(H,25,26)(H,27,28). The predicted molar refractivity (Wildman–Crippen MR) is 106 cm³/mol. The Hall–Kier alpha value is -3.33. The summed E-state index contributed by atoms with van der Waals surface area (Å²) in [4.78, 5) is 16.8. The number of anilines is 2. The summed E-state index contributed by atoms with van der Waals surface area (Å²) in [5.74, 6) is 1.23. The van der Waals surface area contributed by atoms with Gasteiger partial charge in [-0.3, -0.25) is 4.98 Å². The molecule has 0 amide bonds. The van der Waals surface area contributed by atoms with Crippen LogP contribution in [0.5, 0.6) is 0 Å². The third kappa shape index (κ3) is 3.33. The zero-order valence-corrected chi connectivity index (χ0v) is 15.5. The normalized spacial score (nSPS) is 12.4. The number of aromatic amines is 1. The quantitative estimate of drug-likeness (QED) is 0.356. The minimum Gasteiger partial charge on any atom is -0.338 e. The summed E-state index contributed by atoms with van der Waals surface area (Å²) in [5, 5.41) is 3.28. The molecule has 2 N–H and O–H groups in total. The van der Waals surface area contributed by atoms with Gasteiger partial charge in [-0.2, -0.15) is 13.2 Å². The fourth-order valence-electron chi connectivity index (χ4n) is 3.25. The molecule has 0 radical (unpaired) electrons. The average Bonchev–Trinajstić information content (AvgIpc) is 3.08. The molecule has 0 unspecified atom stereocenters. The van der Waals surface area contributed by atoms with Crippen LogP contribution in [0.4, 0.5) is 24.7 Å². The lowest BCUT2D eigenvalue weighted by Crippen LogP contribution is -1.98. The van der Waals surface area contributed by atoms with E-state index < -0.39 is 5.51 Å². The van der Waals surface area contributed by atoms with E-state index in [2.05, 4.69) is 20.3 Å². The molecule has 5 rings (SSSR count). The minimum absolute atomic E-state index is 0.129. The summed E-state index contributed by atoms with van der Waals surface area (Å²) in [6.45, 7) is 0. The number of thioether (sulfide) groups is 1. The van der Waals surface area contributed by atoms with Crippen LogP contribution in [0.1, 0.15) is 0 Å². The second-order valence-corrected chi connectivity index (χ2v) is 7.47. The molecule has 144 valence electrons. The zero-order chi connectivity index (χ0) is 20.0. The number of benzene rings is 1. The first-order valence-electron chi connectivity index (χ1n) is 8.61. The summed E-state index contributed by atoms with van der Waals surface area (Å²) < 4.78 is 37.7. The number of hydrogen-bond acceptors (Lipinski definition) is 5. The lowest BCUT2D eigenvalue weighted by molar-refractivity contribution is -0.0328. The molecule has 0 saturated heterocycles. The first kappa shape index (κ1) is 17.7. The molecule has 29 heavy (non-hydrogen) atoms. The number of nitrogens with one attached hydrogen (secondary N) is 2. The van der Waals surface area contributed by atoms with E-state index in [0.717, 1.165) is 22.5 Å². The van der Waals surface area contributed by atoms with Gasteiger partial charge >= 0.3 is 5.51 Å². The van der Waals surface area contributed by atoms with Gasteiger partial charge in [0.15, 0.2) is 0 Å². The first-order chi connectivity index (χ1) is 14.0. The number of H-pyrrole nitrogens is 1. The monoisotopic (exact) mass is 411 g/mol. The predicted octanol–water partition coefficient (Wildman–Crippen LogP) is 5.87. The summed E-state index contributed by atoms with van der Waals surface area (Å²) in [6, 6.07) is 11.8. The van der Waals surface area contributed by atoms with E-state index in [1.54, 1.807) is 30.7 Å². The highest BCUT2D eigenvalue weighted by atomic mass is 32.2. The summed E-state index contributed by atoms with van der Waals surface area (Å²) in [7, 11) is 0. The number of hydrogen-bond donors (Lipinski definition) is 2. The van der Waals surface area contributed by atoms with E-state index in [1.165, 1.54) is 12.1 Å². The van der Waals surface area contributed by atoms with Crippen molar-refractivity contribution in [3.8, 4) is 33.9 Å². The highest BCUT2D eigenvalue weighted by Gasteiger charge is 2.29. The van der Waals surface area contributed by atoms with Crippen LogP contribution in [0.2, 0.25) is 0 Å². The smallest absolute Gasteiger partial charge is 0.338 e. The number of aromatic nitrogens is 4. The van der Waals surface area contributed by atoms with Crippen molar-refractivity contribution < 1.29 is 13.2 Å². The largest absolute Gasteiger partial charge is 0.446 e. The topological polar surface area (TPSA) is 66.5 Å². The molecule has 4 heterocycles. The second kappa shape index (κ2) is 6.63. The van der Waals surface area contributed by atoms with Gasteiger partial charge in [-0.05, 0) is 42.1 Å². The first-order valence-corrected chi connectivity index (χ1v) is 9.42. The van der Waals surface area contributed by atoms with Crippen LogP contribution >= 0.6 is 11.8 Å². The Morgan fingerprint density at radius 2 is 1.76 bits per heavy atom. The Bertz CT molecular complexity index is 1140. The minimum atomic E-state index is -4.31. The number of imidazole rings is 1. The van der Waals surface area contributed by atoms with Crippen molar-refractivity contribution in [2.45, 2.75) is 10.4 Å². The van der Waals surface area contributed by atoms with E-state index in [1.807, 2.05) is 18.2 Å². The van der Waals surface area contributed by atoms with E-state index >= 15 is 0 Å². The van der Waals surface area contributed by atoms with Crippen molar-refractivity contribution in [1.29, 1.82) is 0 Å². The molecular formula is C20H12F3N5S. The fraction of sp³-hybridized carbons (Fsp3) is 0.0500. The molecule has 0 spiro atoms. The third-order valence-electron chi connectivity index (χ3n) is 4.47. The zero-order valence-electron chi connectivity index (χ0n) is 14.7. The molecule has 5 nitrogen and oxygen atoms in total. The van der Waals surface area contributed by atoms with Crippen LogP contribution in [0.3, 0.4) is 0 Å². The molecule has 4 aromatic rings. The van der Waals surface area contributed by atoms with Gasteiger partial charge in [0.2, 0.25) is 0 Å². The molecule has 0 fully saturated rings. The molecule has 0 bridgehead atoms. The molecule has 0 atom stereocenters. The molecular weight excluding hydrogens is 399 g/mol. The highest BCUT2D eigenvalue weighted by Crippen LogP contribution is 2.43. The molecule has 3 aromatic heterocycles. The molecule has 1 aromatic carbocycles. The lowest BCUT2D eigenvalue weighted by Gasteiger charge is -2.08. The maximum Gasteiger partial charge on any atom is 0.446 e. The van der Waals surface area contributed by atoms with Gasteiger partial charge in [0.1, 0.15) is 17.3 Å². The van der Waals surface area contributed by atoms with E-state index in [-0.39, 0.29) is 16.7 Å². The number of nitrogens with zero attached hydrogens (tertiary/aromatic N) is 3. The fourth-order valence-corrected chi connectivity index (χ4v) is 3.79. The summed E-state index contributed by atoms with van der Waals surface area (Å²) >= 11 is -0.138. The van der Waals surface area contributed by atoms with Crippen molar-refractivity contribution in [2.24, 2.45) is 0 Å². The van der Waals surface area contributed by atoms with Crippen LogP contribution in [-0.2, 0) is 0 Å². The SMILES string of the molecule is FC(F)(F)Sc1ccc(-c2nc3c([nH]2)-c2ccncc2Nc2ncccc2-3)cc1. The number of fused-ring (bicyclic) bond motifs is 5. The van der Waals surface area contributed by atoms with Crippen LogP contribution in [0, 0.1) is 0 Å². The molecule has 0 aliphatic carbocycles. The van der Waals surface area contributed by atoms with Crippen LogP contribution in [0.25, 0.3) is 33.9 Å². The van der Waals surface area contributed by atoms with Gasteiger partial charge in [0, 0.05) is 34.0 Å². The lowest BCUT2D eigenvalue weighted by atomic mass is 10.1. The number of alkyl halides is 3. The molecule has 9 heteroatoms. The van der Waals surface area contributed by atoms with E-state index in [4.69, 9.17) is 4.98 Å². The Morgan fingerprint density at radius 1 is 0.931 bits per heavy atom. The maximum absolute atomic E-state index is 12.6. The van der Waals surface area contributed by atoms with Gasteiger partial charge in [0.25, 0.3) is 0 Å². The van der Waals surface area contributed by atoms with Crippen LogP contribution in [-0.4, -0.2) is 25.4 Å². The van der Waals surface area contributed by atoms with Gasteiger partial charge in [-0.15, -0.1) is 0 Å². The van der Waals surface area contributed by atoms with Gasteiger partial charge in [-0.25, -0.2) is 9.97 Å². The van der Waals surface area contributed by atoms with Crippen LogP contribution in [0.15, 0.2) is 66.0 Å². The van der Waals surface area contributed by atoms with Gasteiger partial charge < -0.3 is 10.3 Å². The average molecular weight is 411 g/mol. The third-order valence-corrected chi connectivity index (χ3v) is 5.21. The second-order valence-electron chi connectivity index (χ2n) is 6.33. The Balaban J connectivity index is 1.62. The maximum atomic E-state index is 12.6.